The molecule has 1 heterocycles. The summed E-state index contributed by atoms with van der Waals surface area (Å²) < 4.78 is 0. The number of rotatable bonds is 2. The first-order chi connectivity index (χ1) is 7.07. The van der Waals surface area contributed by atoms with E-state index in [0.29, 0.717) is 17.0 Å². The molecule has 0 aliphatic heterocycles. The van der Waals surface area contributed by atoms with Crippen LogP contribution in [0.5, 0.6) is 0 Å². The van der Waals surface area contributed by atoms with E-state index in [1.165, 1.54) is 6.42 Å². The minimum Gasteiger partial charge on any atom is -0.349 e. The molecule has 4 heteroatoms. The predicted molar refractivity (Wildman–Crippen MR) is 57.5 cm³/mol. The molecule has 0 aromatic carbocycles. The molecule has 1 amide bonds. The van der Waals surface area contributed by atoms with Gasteiger partial charge < -0.3 is 5.32 Å². The lowest BCUT2D eigenvalue weighted by molar-refractivity contribution is 0.0936. The number of nitrogens with one attached hydrogen (secondary N) is 2. The van der Waals surface area contributed by atoms with Gasteiger partial charge in [0.2, 0.25) is 0 Å². The summed E-state index contributed by atoms with van der Waals surface area (Å²) >= 11 is 0. The van der Waals surface area contributed by atoms with Gasteiger partial charge in [-0.25, -0.2) is 0 Å². The van der Waals surface area contributed by atoms with Crippen molar-refractivity contribution in [3.05, 3.63) is 18.0 Å². The smallest absolute Gasteiger partial charge is 0.254 e. The van der Waals surface area contributed by atoms with Crippen LogP contribution in [0.2, 0.25) is 0 Å². The van der Waals surface area contributed by atoms with E-state index in [9.17, 15) is 4.79 Å². The zero-order valence-corrected chi connectivity index (χ0v) is 9.21. The van der Waals surface area contributed by atoms with Crippen LogP contribution in [0.25, 0.3) is 0 Å². The minimum absolute atomic E-state index is 0.0218. The van der Waals surface area contributed by atoms with E-state index < -0.39 is 0 Å². The highest BCUT2D eigenvalue weighted by atomic mass is 16.1. The van der Waals surface area contributed by atoms with Crippen LogP contribution in [0.3, 0.4) is 0 Å². The van der Waals surface area contributed by atoms with Gasteiger partial charge in [0, 0.05) is 12.2 Å². The van der Waals surface area contributed by atoms with Gasteiger partial charge in [-0.15, -0.1) is 0 Å². The van der Waals surface area contributed by atoms with Crippen molar-refractivity contribution < 1.29 is 4.79 Å². The third-order valence-corrected chi connectivity index (χ3v) is 3.06. The number of hydrogen-bond donors (Lipinski definition) is 2. The molecule has 1 aromatic rings. The summed E-state index contributed by atoms with van der Waals surface area (Å²) in [5.41, 5.74) is 0.980. The van der Waals surface area contributed by atoms with E-state index in [2.05, 4.69) is 29.4 Å². The second-order valence-electron chi connectivity index (χ2n) is 5.06. The molecule has 0 spiro atoms. The lowest BCUT2D eigenvalue weighted by atomic mass is 9.92. The van der Waals surface area contributed by atoms with Gasteiger partial charge in [-0.2, -0.15) is 5.10 Å². The Kier molecular flexibility index (Phi) is 2.50. The number of H-pyrrole nitrogens is 1. The fourth-order valence-corrected chi connectivity index (χ4v) is 2.20. The fraction of sp³-hybridized carbons (Fsp3) is 0.636. The number of carbonyl (C=O) groups excluding carboxylic acids is 1. The molecular weight excluding hydrogens is 190 g/mol. The van der Waals surface area contributed by atoms with E-state index in [0.717, 1.165) is 12.8 Å². The van der Waals surface area contributed by atoms with E-state index in [4.69, 9.17) is 0 Å². The van der Waals surface area contributed by atoms with E-state index in [1.54, 1.807) is 12.4 Å². The molecule has 1 aliphatic carbocycles. The average molecular weight is 207 g/mol. The molecule has 15 heavy (non-hydrogen) atoms. The maximum Gasteiger partial charge on any atom is 0.254 e. The molecule has 1 unspecified atom stereocenters. The zero-order valence-electron chi connectivity index (χ0n) is 9.21. The van der Waals surface area contributed by atoms with Crippen molar-refractivity contribution >= 4 is 5.91 Å². The molecule has 0 bridgehead atoms. The summed E-state index contributed by atoms with van der Waals surface area (Å²) in [6, 6.07) is 0.322. The summed E-state index contributed by atoms with van der Waals surface area (Å²) in [7, 11) is 0. The van der Waals surface area contributed by atoms with Gasteiger partial charge >= 0.3 is 0 Å². The topological polar surface area (TPSA) is 57.8 Å². The summed E-state index contributed by atoms with van der Waals surface area (Å²) in [4.78, 5) is 11.7. The summed E-state index contributed by atoms with van der Waals surface area (Å²) in [5.74, 6) is -0.0218. The molecule has 2 rings (SSSR count). The molecule has 4 nitrogen and oxygen atoms in total. The molecule has 1 aliphatic rings. The Morgan fingerprint density at radius 1 is 1.67 bits per heavy atom. The van der Waals surface area contributed by atoms with Gasteiger partial charge in [0.25, 0.3) is 5.91 Å². The Balaban J connectivity index is 1.91. The summed E-state index contributed by atoms with van der Waals surface area (Å²) in [5, 5.41) is 9.44. The molecule has 1 aromatic heterocycles. The van der Waals surface area contributed by atoms with E-state index in [1.807, 2.05) is 0 Å². The first-order valence-electron chi connectivity index (χ1n) is 5.36. The van der Waals surface area contributed by atoms with Gasteiger partial charge in [0.05, 0.1) is 11.8 Å². The summed E-state index contributed by atoms with van der Waals surface area (Å²) in [6.45, 7) is 4.49. The van der Waals surface area contributed by atoms with Crippen molar-refractivity contribution in [2.24, 2.45) is 5.41 Å². The van der Waals surface area contributed by atoms with E-state index in [-0.39, 0.29) is 5.91 Å². The minimum atomic E-state index is -0.0218. The maximum atomic E-state index is 11.7. The highest BCUT2D eigenvalue weighted by Crippen LogP contribution is 2.36. The van der Waals surface area contributed by atoms with Crippen molar-refractivity contribution in [1.82, 2.24) is 15.5 Å². The number of aromatic amines is 1. The average Bonchev–Trinajstić information content (AvgIpc) is 2.74. The molecule has 1 fully saturated rings. The van der Waals surface area contributed by atoms with E-state index >= 15 is 0 Å². The van der Waals surface area contributed by atoms with Gasteiger partial charge in [-0.3, -0.25) is 9.89 Å². The number of hydrogen-bond acceptors (Lipinski definition) is 2. The van der Waals surface area contributed by atoms with Crippen LogP contribution in [0.1, 0.15) is 43.5 Å². The number of nitrogens with zero attached hydrogens (tertiary/aromatic N) is 1. The first kappa shape index (κ1) is 10.2. The van der Waals surface area contributed by atoms with Gasteiger partial charge in [0.1, 0.15) is 0 Å². The number of carbonyl (C=O) groups is 1. The Labute approximate surface area is 89.5 Å². The second-order valence-corrected chi connectivity index (χ2v) is 5.06. The van der Waals surface area contributed by atoms with Crippen LogP contribution >= 0.6 is 0 Å². The van der Waals surface area contributed by atoms with Crippen molar-refractivity contribution in [3.63, 3.8) is 0 Å². The molecule has 1 saturated carbocycles. The fourth-order valence-electron chi connectivity index (χ4n) is 2.20. The highest BCUT2D eigenvalue weighted by molar-refractivity contribution is 5.93. The van der Waals surface area contributed by atoms with Crippen LogP contribution in [0.4, 0.5) is 0 Å². The Morgan fingerprint density at radius 3 is 3.00 bits per heavy atom. The van der Waals surface area contributed by atoms with Crippen LogP contribution < -0.4 is 5.32 Å². The predicted octanol–water partition coefficient (Wildman–Crippen LogP) is 1.72. The largest absolute Gasteiger partial charge is 0.349 e. The van der Waals surface area contributed by atoms with Crippen LogP contribution in [0, 0.1) is 5.41 Å². The molecule has 0 saturated heterocycles. The quantitative estimate of drug-likeness (QED) is 0.775. The number of amides is 1. The van der Waals surface area contributed by atoms with Crippen molar-refractivity contribution in [2.45, 2.75) is 39.2 Å². The van der Waals surface area contributed by atoms with Gasteiger partial charge in [-0.05, 0) is 24.7 Å². The Bertz CT molecular complexity index is 343. The molecule has 1 atom stereocenters. The van der Waals surface area contributed by atoms with Crippen LogP contribution in [0.15, 0.2) is 12.4 Å². The van der Waals surface area contributed by atoms with Crippen molar-refractivity contribution in [3.8, 4) is 0 Å². The second kappa shape index (κ2) is 3.68. The highest BCUT2D eigenvalue weighted by Gasteiger charge is 2.31. The van der Waals surface area contributed by atoms with Crippen LogP contribution in [-0.2, 0) is 0 Å². The van der Waals surface area contributed by atoms with Gasteiger partial charge in [0.15, 0.2) is 0 Å². The lowest BCUT2D eigenvalue weighted by Gasteiger charge is -2.17. The normalized spacial score (nSPS) is 24.0. The Hall–Kier alpha value is -1.32. The third kappa shape index (κ3) is 2.37. The monoisotopic (exact) mass is 207 g/mol. The van der Waals surface area contributed by atoms with Crippen molar-refractivity contribution in [2.75, 3.05) is 0 Å². The molecule has 2 N–H and O–H groups in total. The summed E-state index contributed by atoms with van der Waals surface area (Å²) in [6.07, 6.45) is 6.50. The van der Waals surface area contributed by atoms with Gasteiger partial charge in [-0.1, -0.05) is 13.8 Å². The zero-order chi connectivity index (χ0) is 10.9. The first-order valence-corrected chi connectivity index (χ1v) is 5.36. The lowest BCUT2D eigenvalue weighted by Crippen LogP contribution is -2.33. The Morgan fingerprint density at radius 2 is 2.47 bits per heavy atom. The number of aromatic nitrogens is 2. The third-order valence-electron chi connectivity index (χ3n) is 3.06. The van der Waals surface area contributed by atoms with Crippen molar-refractivity contribution in [1.29, 1.82) is 0 Å². The molecule has 0 radical (unpaired) electrons. The van der Waals surface area contributed by atoms with Crippen LogP contribution in [-0.4, -0.2) is 22.1 Å². The SMILES string of the molecule is CC1(C)CCC(NC(=O)c2cn[nH]c2)C1. The molecular formula is C11H17N3O. The molecule has 82 valence electrons. The maximum absolute atomic E-state index is 11.7. The standard InChI is InChI=1S/C11H17N3O/c1-11(2)4-3-9(5-11)14-10(15)8-6-12-13-7-8/h6-7,9H,3-5H2,1-2H3,(H,12,13)(H,14,15).